The number of fused-ring (bicyclic) bond motifs is 3. The summed E-state index contributed by atoms with van der Waals surface area (Å²) in [5.41, 5.74) is 9.21. The van der Waals surface area contributed by atoms with Crippen LogP contribution in [0.3, 0.4) is 0 Å². The molecule has 9 rings (SSSR count). The SMILES string of the molecule is CCCCCCCC(=O)CP(=O)(N(C)C)N1CCN(c2nc(OCCOCCCC(=O)CCCCC(=O)N(C)CCC(OC(=O)NCCCCCC(=O)CCc3cn(CCC(C)=O)nn3)c3ccc4ccc(O)c(Br)c4n3)nc(N(C)CC(N)=O)n2)CC1.O=C(O)c1ccccc1-c1c2ccc(=O)cc-2oc2cc(O)ccc12. The number of carbonyl (C=O) groups excluding carboxylic acids is 7. The summed E-state index contributed by atoms with van der Waals surface area (Å²) < 4.78 is 43.2. The normalized spacial score (nSPS) is 13.1. The first kappa shape index (κ1) is 88.4. The van der Waals surface area contributed by atoms with Gasteiger partial charge in [-0.25, -0.2) is 23.9 Å². The second kappa shape index (κ2) is 44.3. The highest BCUT2D eigenvalue weighted by molar-refractivity contribution is 9.10. The molecule has 33 heteroatoms. The van der Waals surface area contributed by atoms with Crippen molar-refractivity contribution in [2.75, 3.05) is 110 Å². The maximum atomic E-state index is 14.3. The fourth-order valence-corrected chi connectivity index (χ4v) is 15.7. The number of halogens is 1. The van der Waals surface area contributed by atoms with Gasteiger partial charge < -0.3 is 59.7 Å². The number of primary amides is 1. The molecule has 608 valence electrons. The molecule has 0 bridgehead atoms. The average molecular weight is 1640 g/mol. The Morgan fingerprint density at radius 3 is 2.17 bits per heavy atom. The molecule has 31 nitrogen and oxygen atoms in total. The lowest BCUT2D eigenvalue weighted by atomic mass is 9.91. The van der Waals surface area contributed by atoms with E-state index in [2.05, 4.69) is 53.4 Å². The summed E-state index contributed by atoms with van der Waals surface area (Å²) in [6.45, 7) is 6.79. The maximum Gasteiger partial charge on any atom is 0.407 e. The number of benzene rings is 4. The van der Waals surface area contributed by atoms with E-state index in [9.17, 15) is 63.0 Å². The van der Waals surface area contributed by atoms with Gasteiger partial charge in [-0.1, -0.05) is 68.5 Å². The number of anilines is 2. The number of rotatable bonds is 46. The van der Waals surface area contributed by atoms with Gasteiger partial charge in [0.25, 0.3) is 0 Å². The molecule has 6 aromatic rings. The van der Waals surface area contributed by atoms with Crippen LogP contribution >= 0.6 is 23.4 Å². The molecule has 2 unspecified atom stereocenters. The zero-order valence-corrected chi connectivity index (χ0v) is 67.7. The standard InChI is InChI=1S/C60H92BrN14O12P.C20H12O5/c1-7-8-9-10-12-20-49(79)43-88(84,70(3)4)75-36-34-73(35-37-75)58-65-57(72(6)42-53(62)81)66-59(67-58)86-40-39-85-38-17-21-47(77)19-14-15-22-54(82)71(5)32-30-52(50-27-23-45-24-28-51(80)55(61)56(45)64-50)87-60(83)63-31-16-11-13-18-48(78)26-25-46-41-74(69-68-46)33-29-44(2)76;21-11-5-7-15-17(9-11)25-18-10-12(22)6-8-16(18)19(15)13-3-1-2-4-14(13)20(23)24/h23-24,27-28,41,52,80H,7-22,25-26,29-40,42-43H2,1-6H3,(H2,62,81)(H,63,83);1-10,21H,(H,23,24). The number of hydrogen-bond acceptors (Lipinski definition) is 24. The van der Waals surface area contributed by atoms with Crippen LogP contribution in [-0.2, 0) is 55.8 Å². The number of aryl methyl sites for hydroxylation is 2. The number of alkyl carbamates (subject to hydrolysis) is 1. The van der Waals surface area contributed by atoms with E-state index in [4.69, 9.17) is 29.3 Å². The number of phenols is 2. The lowest BCUT2D eigenvalue weighted by Crippen LogP contribution is -2.47. The van der Waals surface area contributed by atoms with E-state index in [0.717, 1.165) is 37.5 Å². The van der Waals surface area contributed by atoms with E-state index < -0.39 is 31.5 Å². The fourth-order valence-electron chi connectivity index (χ4n) is 12.8. The topological polar surface area (TPSA) is 409 Å². The van der Waals surface area contributed by atoms with Gasteiger partial charge in [0.1, 0.15) is 58.7 Å². The number of aromatic hydroxyl groups is 2. The molecule has 2 atom stereocenters. The molecular weight excluding hydrogens is 1540 g/mol. The second-order valence-electron chi connectivity index (χ2n) is 28.2. The predicted molar refractivity (Wildman–Crippen MR) is 431 cm³/mol. The van der Waals surface area contributed by atoms with Crippen LogP contribution in [0.2, 0.25) is 0 Å². The van der Waals surface area contributed by atoms with Crippen LogP contribution in [0.25, 0.3) is 44.3 Å². The molecule has 1 aliphatic carbocycles. The Bertz CT molecular complexity index is 4650. The largest absolute Gasteiger partial charge is 0.508 e. The van der Waals surface area contributed by atoms with Gasteiger partial charge in [0.2, 0.25) is 31.2 Å². The van der Waals surface area contributed by atoms with Gasteiger partial charge in [-0.2, -0.15) is 15.0 Å². The summed E-state index contributed by atoms with van der Waals surface area (Å²) in [5, 5.41) is 42.0. The summed E-state index contributed by atoms with van der Waals surface area (Å²) in [4.78, 5) is 135. The van der Waals surface area contributed by atoms with Crippen molar-refractivity contribution in [3.05, 3.63) is 123 Å². The molecule has 0 radical (unpaired) electrons. The lowest BCUT2D eigenvalue weighted by Gasteiger charge is -2.41. The number of hydrogen-bond donors (Lipinski definition) is 5. The van der Waals surface area contributed by atoms with Gasteiger partial charge in [0, 0.05) is 158 Å². The number of nitrogens with zero attached hydrogens (tertiary/aromatic N) is 12. The van der Waals surface area contributed by atoms with Crippen LogP contribution in [0.15, 0.2) is 105 Å². The Kier molecular flexibility index (Phi) is 34.7. The number of nitrogens with two attached hydrogens (primary N) is 1. The highest BCUT2D eigenvalue weighted by atomic mass is 79.9. The first-order valence-electron chi connectivity index (χ1n) is 38.4. The molecular formula is C80H104BrN14O17P. The Hall–Kier alpha value is -10.1. The Morgan fingerprint density at radius 2 is 1.43 bits per heavy atom. The van der Waals surface area contributed by atoms with Crippen molar-refractivity contribution in [1.82, 2.24) is 54.5 Å². The van der Waals surface area contributed by atoms with Gasteiger partial charge in [-0.05, 0) is 136 Å². The number of carboxylic acids is 1. The number of Topliss-reactive ketones (excluding diaryl/α,β-unsaturated/α-hetero) is 4. The first-order chi connectivity index (χ1) is 54.2. The molecule has 113 heavy (non-hydrogen) atoms. The molecule has 6 N–H and O–H groups in total. The number of piperazine rings is 1. The van der Waals surface area contributed by atoms with Crippen LogP contribution in [0.4, 0.5) is 16.7 Å². The number of unbranched alkanes of at least 4 members (excludes halogenated alkanes) is 7. The third-order valence-corrected chi connectivity index (χ3v) is 23.2. The van der Waals surface area contributed by atoms with Crippen molar-refractivity contribution >= 4 is 104 Å². The number of aromatic carboxylic acids is 1. The monoisotopic (exact) mass is 1640 g/mol. The quantitative estimate of drug-likeness (QED) is 0.0134. The van der Waals surface area contributed by atoms with Crippen LogP contribution in [-0.4, -0.2) is 211 Å². The Labute approximate surface area is 665 Å². The number of phenolic OH excluding ortho intramolecular Hbond substituents is 2. The van der Waals surface area contributed by atoms with E-state index in [1.165, 1.54) is 42.2 Å². The molecule has 3 aromatic carbocycles. The summed E-state index contributed by atoms with van der Waals surface area (Å²) in [5.74, 6) is -0.649. The lowest BCUT2D eigenvalue weighted by molar-refractivity contribution is -0.130. The number of ether oxygens (including phenoxy) is 3. The van der Waals surface area contributed by atoms with Gasteiger partial charge >= 0.3 is 18.1 Å². The highest BCUT2D eigenvalue weighted by Gasteiger charge is 2.38. The smallest absolute Gasteiger partial charge is 0.407 e. The van der Waals surface area contributed by atoms with Crippen LogP contribution in [0.5, 0.6) is 17.5 Å². The number of amides is 3. The van der Waals surface area contributed by atoms with E-state index in [1.54, 1.807) is 97.2 Å². The van der Waals surface area contributed by atoms with E-state index in [-0.39, 0.29) is 109 Å². The molecule has 5 heterocycles. The van der Waals surface area contributed by atoms with E-state index in [0.29, 0.717) is 190 Å². The predicted octanol–water partition coefficient (Wildman–Crippen LogP) is 11.5. The molecule has 0 spiro atoms. The molecule has 3 amide bonds. The molecule has 3 aromatic heterocycles. The number of pyridine rings is 1. The van der Waals surface area contributed by atoms with E-state index >= 15 is 0 Å². The van der Waals surface area contributed by atoms with Gasteiger partial charge in [-0.15, -0.1) is 5.10 Å². The summed E-state index contributed by atoms with van der Waals surface area (Å²) in [6.07, 6.45) is 12.0. The van der Waals surface area contributed by atoms with Crippen molar-refractivity contribution in [3.8, 4) is 40.0 Å². The third kappa shape index (κ3) is 27.3. The summed E-state index contributed by atoms with van der Waals surface area (Å²) in [7, 11) is 3.66. The van der Waals surface area contributed by atoms with Gasteiger partial charge in [-0.3, -0.25) is 42.8 Å². The molecule has 1 saturated heterocycles. The zero-order chi connectivity index (χ0) is 81.6. The number of carboxylic acid groups (broad SMARTS) is 1. The number of carbonyl (C=O) groups is 8. The van der Waals surface area contributed by atoms with Crippen LogP contribution in [0, 0.1) is 0 Å². The number of aromatic nitrogens is 7. The van der Waals surface area contributed by atoms with Crippen molar-refractivity contribution in [2.24, 2.45) is 5.73 Å². The zero-order valence-electron chi connectivity index (χ0n) is 65.2. The van der Waals surface area contributed by atoms with Crippen molar-refractivity contribution in [1.29, 1.82) is 0 Å². The number of likely N-dealkylation sites (N-methyl/N-ethyl adjacent to an activating group) is 1. The minimum atomic E-state index is -3.15. The maximum absolute atomic E-state index is 14.3. The molecule has 2 aliphatic heterocycles. The average Bonchev–Trinajstić information content (AvgIpc) is 0.766. The molecule has 1 fully saturated rings. The number of nitrogens with one attached hydrogen (secondary N) is 1. The van der Waals surface area contributed by atoms with Crippen LogP contribution < -0.4 is 31.0 Å². The molecule has 0 saturated carbocycles. The number of ketones is 4. The highest BCUT2D eigenvalue weighted by Crippen LogP contribution is 2.52. The van der Waals surface area contributed by atoms with Crippen LogP contribution in [0.1, 0.15) is 164 Å². The fraction of sp³-hybridized carbons (Fsp3) is 0.487. The first-order valence-corrected chi connectivity index (χ1v) is 40.9. The van der Waals surface area contributed by atoms with Crippen molar-refractivity contribution in [2.45, 2.75) is 155 Å². The van der Waals surface area contributed by atoms with Gasteiger partial charge in [0.05, 0.1) is 46.3 Å². The second-order valence-corrected chi connectivity index (χ2v) is 32.0. The Morgan fingerprint density at radius 1 is 0.735 bits per heavy atom. The third-order valence-electron chi connectivity index (χ3n) is 19.2. The van der Waals surface area contributed by atoms with E-state index in [1.807, 2.05) is 15.6 Å². The minimum Gasteiger partial charge on any atom is -0.508 e. The molecule has 3 aliphatic rings. The summed E-state index contributed by atoms with van der Waals surface area (Å²) in [6, 6.07) is 22.6. The summed E-state index contributed by atoms with van der Waals surface area (Å²) >= 11 is 3.41. The van der Waals surface area contributed by atoms with Crippen molar-refractivity contribution < 1.29 is 76.9 Å². The van der Waals surface area contributed by atoms with Crippen molar-refractivity contribution in [3.63, 3.8) is 0 Å². The Balaban J connectivity index is 0.000000533. The van der Waals surface area contributed by atoms with Gasteiger partial charge in [0.15, 0.2) is 5.43 Å². The minimum absolute atomic E-state index is 0.00442.